The van der Waals surface area contributed by atoms with Crippen LogP contribution in [0.3, 0.4) is 0 Å². The van der Waals surface area contributed by atoms with Gasteiger partial charge in [0.2, 0.25) is 0 Å². The van der Waals surface area contributed by atoms with E-state index in [4.69, 9.17) is 0 Å². The molecule has 0 bridgehead atoms. The summed E-state index contributed by atoms with van der Waals surface area (Å²) in [4.78, 5) is 12.4. The van der Waals surface area contributed by atoms with Crippen molar-refractivity contribution >= 4 is 5.78 Å². The van der Waals surface area contributed by atoms with E-state index in [1.807, 2.05) is 26.0 Å². The lowest BCUT2D eigenvalue weighted by atomic mass is 9.95. The minimum Gasteiger partial charge on any atom is -0.294 e. The number of aryl methyl sites for hydroxylation is 5. The Hall–Kier alpha value is -1.89. The molecular formula is C19H22O. The van der Waals surface area contributed by atoms with E-state index in [0.29, 0.717) is 6.42 Å². The zero-order chi connectivity index (χ0) is 14.7. The molecule has 20 heavy (non-hydrogen) atoms. The van der Waals surface area contributed by atoms with E-state index in [9.17, 15) is 4.79 Å². The van der Waals surface area contributed by atoms with Gasteiger partial charge in [0, 0.05) is 12.0 Å². The van der Waals surface area contributed by atoms with E-state index in [1.165, 1.54) is 16.7 Å². The van der Waals surface area contributed by atoms with E-state index in [1.54, 1.807) is 0 Å². The predicted octanol–water partition coefficient (Wildman–Crippen LogP) is 4.74. The minimum absolute atomic E-state index is 0.243. The molecule has 2 aromatic carbocycles. The molecule has 0 fully saturated rings. The summed E-state index contributed by atoms with van der Waals surface area (Å²) >= 11 is 0. The Morgan fingerprint density at radius 3 is 2.15 bits per heavy atom. The van der Waals surface area contributed by atoms with Crippen molar-refractivity contribution in [3.63, 3.8) is 0 Å². The normalized spacial score (nSPS) is 10.6. The summed E-state index contributed by atoms with van der Waals surface area (Å²) in [7, 11) is 0. The van der Waals surface area contributed by atoms with Gasteiger partial charge in [0.25, 0.3) is 0 Å². The third-order valence-corrected chi connectivity index (χ3v) is 3.82. The van der Waals surface area contributed by atoms with Gasteiger partial charge in [0.05, 0.1) is 0 Å². The average molecular weight is 266 g/mol. The van der Waals surface area contributed by atoms with Crippen LogP contribution >= 0.6 is 0 Å². The van der Waals surface area contributed by atoms with Crippen LogP contribution in [0.4, 0.5) is 0 Å². The van der Waals surface area contributed by atoms with Crippen LogP contribution in [0.25, 0.3) is 0 Å². The summed E-state index contributed by atoms with van der Waals surface area (Å²) in [5.74, 6) is 0.243. The standard InChI is InChI=1S/C19H22O/c1-13-5-7-15(3)17(11-13)9-10-19(20)18-12-14(2)6-8-16(18)4/h5-8,11-12H,9-10H2,1-4H3. The number of rotatable bonds is 4. The fraction of sp³-hybridized carbons (Fsp3) is 0.316. The van der Waals surface area contributed by atoms with Gasteiger partial charge in [-0.1, -0.05) is 41.5 Å². The van der Waals surface area contributed by atoms with Crippen molar-refractivity contribution in [2.75, 3.05) is 0 Å². The van der Waals surface area contributed by atoms with E-state index in [-0.39, 0.29) is 5.78 Å². The van der Waals surface area contributed by atoms with Gasteiger partial charge in [-0.25, -0.2) is 0 Å². The molecule has 0 unspecified atom stereocenters. The quantitative estimate of drug-likeness (QED) is 0.731. The van der Waals surface area contributed by atoms with Crippen LogP contribution in [0.5, 0.6) is 0 Å². The van der Waals surface area contributed by atoms with Crippen LogP contribution in [-0.2, 0) is 6.42 Å². The molecule has 0 N–H and O–H groups in total. The first kappa shape index (κ1) is 14.5. The molecule has 2 aromatic rings. The van der Waals surface area contributed by atoms with Crippen molar-refractivity contribution in [2.24, 2.45) is 0 Å². The fourth-order valence-corrected chi connectivity index (χ4v) is 2.49. The van der Waals surface area contributed by atoms with Crippen LogP contribution < -0.4 is 0 Å². The highest BCUT2D eigenvalue weighted by Crippen LogP contribution is 2.17. The third kappa shape index (κ3) is 3.36. The summed E-state index contributed by atoms with van der Waals surface area (Å²) in [5.41, 5.74) is 6.89. The first-order valence-electron chi connectivity index (χ1n) is 7.14. The van der Waals surface area contributed by atoms with Crippen molar-refractivity contribution in [3.8, 4) is 0 Å². The van der Waals surface area contributed by atoms with Gasteiger partial charge < -0.3 is 0 Å². The number of ketones is 1. The second kappa shape index (κ2) is 6.04. The number of carbonyl (C=O) groups excluding carboxylic acids is 1. The molecule has 2 rings (SSSR count). The highest BCUT2D eigenvalue weighted by atomic mass is 16.1. The van der Waals surface area contributed by atoms with Gasteiger partial charge in [-0.3, -0.25) is 4.79 Å². The van der Waals surface area contributed by atoms with Gasteiger partial charge in [-0.2, -0.15) is 0 Å². The van der Waals surface area contributed by atoms with Crippen LogP contribution in [0, 0.1) is 27.7 Å². The molecule has 0 atom stereocenters. The molecule has 1 nitrogen and oxygen atoms in total. The number of carbonyl (C=O) groups is 1. The molecular weight excluding hydrogens is 244 g/mol. The SMILES string of the molecule is Cc1ccc(C)c(CCC(=O)c2cc(C)ccc2C)c1. The van der Waals surface area contributed by atoms with Crippen molar-refractivity contribution in [2.45, 2.75) is 40.5 Å². The van der Waals surface area contributed by atoms with Crippen molar-refractivity contribution in [1.29, 1.82) is 0 Å². The molecule has 0 aliphatic rings. The van der Waals surface area contributed by atoms with E-state index >= 15 is 0 Å². The Bertz CT molecular complexity index is 638. The second-order valence-corrected chi connectivity index (χ2v) is 5.67. The van der Waals surface area contributed by atoms with Gasteiger partial charge in [0.15, 0.2) is 5.78 Å². The lowest BCUT2D eigenvalue weighted by molar-refractivity contribution is 0.0982. The van der Waals surface area contributed by atoms with Crippen molar-refractivity contribution in [3.05, 3.63) is 69.8 Å². The Balaban J connectivity index is 2.12. The Morgan fingerprint density at radius 1 is 0.850 bits per heavy atom. The zero-order valence-electron chi connectivity index (χ0n) is 12.8. The van der Waals surface area contributed by atoms with E-state index in [2.05, 4.69) is 38.1 Å². The Labute approximate surface area is 121 Å². The van der Waals surface area contributed by atoms with Gasteiger partial charge in [0.1, 0.15) is 0 Å². The number of Topliss-reactive ketones (excluding diaryl/α,β-unsaturated/α-hetero) is 1. The Kier molecular flexibility index (Phi) is 4.39. The molecule has 1 heteroatoms. The molecule has 0 heterocycles. The number of hydrogen-bond donors (Lipinski definition) is 0. The first-order valence-corrected chi connectivity index (χ1v) is 7.14. The lowest BCUT2D eigenvalue weighted by Crippen LogP contribution is -2.05. The van der Waals surface area contributed by atoms with Gasteiger partial charge >= 0.3 is 0 Å². The van der Waals surface area contributed by atoms with E-state index < -0.39 is 0 Å². The second-order valence-electron chi connectivity index (χ2n) is 5.67. The maximum atomic E-state index is 12.4. The maximum Gasteiger partial charge on any atom is 0.163 e. The largest absolute Gasteiger partial charge is 0.294 e. The van der Waals surface area contributed by atoms with Crippen molar-refractivity contribution < 1.29 is 4.79 Å². The van der Waals surface area contributed by atoms with Crippen LogP contribution in [0.2, 0.25) is 0 Å². The first-order chi connectivity index (χ1) is 9.47. The minimum atomic E-state index is 0.243. The number of hydrogen-bond acceptors (Lipinski definition) is 1. The highest BCUT2D eigenvalue weighted by molar-refractivity contribution is 5.97. The maximum absolute atomic E-state index is 12.4. The summed E-state index contributed by atoms with van der Waals surface area (Å²) < 4.78 is 0. The smallest absolute Gasteiger partial charge is 0.163 e. The Morgan fingerprint density at radius 2 is 1.45 bits per heavy atom. The molecule has 0 aliphatic carbocycles. The van der Waals surface area contributed by atoms with Crippen LogP contribution in [0.15, 0.2) is 36.4 Å². The lowest BCUT2D eigenvalue weighted by Gasteiger charge is -2.09. The summed E-state index contributed by atoms with van der Waals surface area (Å²) in [6.07, 6.45) is 1.40. The molecule has 0 aromatic heterocycles. The molecule has 0 aliphatic heterocycles. The summed E-state index contributed by atoms with van der Waals surface area (Å²) in [6.45, 7) is 8.23. The predicted molar refractivity (Wildman–Crippen MR) is 84.5 cm³/mol. The average Bonchev–Trinajstić information content (AvgIpc) is 2.42. The zero-order valence-corrected chi connectivity index (χ0v) is 12.8. The molecule has 0 saturated carbocycles. The van der Waals surface area contributed by atoms with E-state index in [0.717, 1.165) is 23.1 Å². The third-order valence-electron chi connectivity index (χ3n) is 3.82. The monoisotopic (exact) mass is 266 g/mol. The molecule has 0 radical (unpaired) electrons. The van der Waals surface area contributed by atoms with Crippen molar-refractivity contribution in [1.82, 2.24) is 0 Å². The molecule has 0 saturated heterocycles. The highest BCUT2D eigenvalue weighted by Gasteiger charge is 2.10. The van der Waals surface area contributed by atoms with Crippen LogP contribution in [-0.4, -0.2) is 5.78 Å². The van der Waals surface area contributed by atoms with Gasteiger partial charge in [-0.15, -0.1) is 0 Å². The van der Waals surface area contributed by atoms with Gasteiger partial charge in [-0.05, 0) is 56.9 Å². The summed E-state index contributed by atoms with van der Waals surface area (Å²) in [5, 5.41) is 0. The summed E-state index contributed by atoms with van der Waals surface area (Å²) in [6, 6.07) is 12.5. The fourth-order valence-electron chi connectivity index (χ4n) is 2.49. The molecule has 0 amide bonds. The number of benzene rings is 2. The molecule has 104 valence electrons. The van der Waals surface area contributed by atoms with Crippen LogP contribution in [0.1, 0.15) is 44.6 Å². The molecule has 0 spiro atoms. The topological polar surface area (TPSA) is 17.1 Å².